The number of rotatable bonds is 4. The van der Waals surface area contributed by atoms with Gasteiger partial charge in [-0.2, -0.15) is 5.10 Å². The second-order valence-electron chi connectivity index (χ2n) is 9.15. The van der Waals surface area contributed by atoms with Crippen LogP contribution in [0.2, 0.25) is 5.02 Å². The number of halogens is 1. The maximum atomic E-state index is 13.4. The van der Waals surface area contributed by atoms with E-state index < -0.39 is 6.10 Å². The van der Waals surface area contributed by atoms with E-state index in [2.05, 4.69) is 9.89 Å². The second-order valence-corrected chi connectivity index (χ2v) is 9.56. The molecule has 5 rings (SSSR count). The van der Waals surface area contributed by atoms with Gasteiger partial charge in [0.15, 0.2) is 5.65 Å². The minimum absolute atomic E-state index is 0.00508. The van der Waals surface area contributed by atoms with Crippen LogP contribution in [0.3, 0.4) is 0 Å². The normalized spacial score (nSPS) is 23.4. The number of aliphatic imine (C=N–C) groups is 1. The molecule has 1 amide bonds. The van der Waals surface area contributed by atoms with E-state index in [0.717, 1.165) is 42.0 Å². The lowest BCUT2D eigenvalue weighted by molar-refractivity contribution is 0.0606. The van der Waals surface area contributed by atoms with Gasteiger partial charge in [0, 0.05) is 56.6 Å². The highest BCUT2D eigenvalue weighted by atomic mass is 35.5. The van der Waals surface area contributed by atoms with E-state index in [0.29, 0.717) is 30.2 Å². The molecule has 1 unspecified atom stereocenters. The van der Waals surface area contributed by atoms with Crippen molar-refractivity contribution in [3.8, 4) is 0 Å². The number of fused-ring (bicyclic) bond motifs is 1. The van der Waals surface area contributed by atoms with Crippen molar-refractivity contribution in [1.29, 1.82) is 0 Å². The predicted molar refractivity (Wildman–Crippen MR) is 133 cm³/mol. The largest absolute Gasteiger partial charge is 0.391 e. The van der Waals surface area contributed by atoms with Crippen molar-refractivity contribution in [2.45, 2.75) is 38.3 Å². The number of nitrogens with zero attached hydrogens (tertiary/aromatic N) is 6. The molecule has 2 fully saturated rings. The number of benzene rings is 1. The van der Waals surface area contributed by atoms with Crippen LogP contribution in [0.5, 0.6) is 0 Å². The molecule has 0 bridgehead atoms. The summed E-state index contributed by atoms with van der Waals surface area (Å²) in [7, 11) is 1.73. The lowest BCUT2D eigenvalue weighted by Gasteiger charge is -2.35. The van der Waals surface area contributed by atoms with Crippen LogP contribution in [0.25, 0.3) is 5.65 Å². The number of anilines is 1. The Hall–Kier alpha value is -2.97. The number of carbonyl (C=O) groups excluding carboxylic acids is 1. The fourth-order valence-corrected chi connectivity index (χ4v) is 5.31. The Labute approximate surface area is 203 Å². The van der Waals surface area contributed by atoms with Crippen molar-refractivity contribution >= 4 is 35.2 Å². The molecule has 2 aromatic heterocycles. The molecule has 0 aliphatic carbocycles. The summed E-state index contributed by atoms with van der Waals surface area (Å²) in [4.78, 5) is 26.3. The molecule has 0 spiro atoms. The van der Waals surface area contributed by atoms with Crippen molar-refractivity contribution in [2.24, 2.45) is 10.9 Å². The fourth-order valence-electron chi connectivity index (χ4n) is 5.10. The molecule has 9 heteroatoms. The number of aryl methyl sites for hydroxylation is 1. The number of hydrogen-bond donors (Lipinski definition) is 1. The topological polar surface area (TPSA) is 86.3 Å². The van der Waals surface area contributed by atoms with Gasteiger partial charge in [-0.05, 0) is 38.3 Å². The van der Waals surface area contributed by atoms with Gasteiger partial charge in [-0.25, -0.2) is 9.50 Å². The van der Waals surface area contributed by atoms with Gasteiger partial charge in [-0.1, -0.05) is 23.7 Å². The Balaban J connectivity index is 1.45. The highest BCUT2D eigenvalue weighted by Crippen LogP contribution is 2.34. The zero-order chi connectivity index (χ0) is 23.8. The average Bonchev–Trinajstić information content (AvgIpc) is 3.41. The molecule has 1 N–H and O–H groups in total. The highest BCUT2D eigenvalue weighted by Gasteiger charge is 2.33. The lowest BCUT2D eigenvalue weighted by Crippen LogP contribution is -2.38. The third kappa shape index (κ3) is 4.16. The number of β-amino-alcohol motifs (C(OH)–C–C–N with tert-alkyl or cyclic N) is 1. The lowest BCUT2D eigenvalue weighted by atomic mass is 9.98. The van der Waals surface area contributed by atoms with E-state index in [1.54, 1.807) is 23.7 Å². The van der Waals surface area contributed by atoms with Crippen LogP contribution in [-0.2, 0) is 0 Å². The van der Waals surface area contributed by atoms with Crippen molar-refractivity contribution < 1.29 is 9.90 Å². The number of amides is 1. The number of aromatic nitrogens is 3. The summed E-state index contributed by atoms with van der Waals surface area (Å²) < 4.78 is 1.79. The Kier molecular flexibility index (Phi) is 6.27. The Morgan fingerprint density at radius 3 is 2.88 bits per heavy atom. The number of likely N-dealkylation sites (tertiary alicyclic amines) is 1. The summed E-state index contributed by atoms with van der Waals surface area (Å²) >= 11 is 6.33. The molecule has 3 aromatic rings. The van der Waals surface area contributed by atoms with E-state index in [-0.39, 0.29) is 17.9 Å². The first kappa shape index (κ1) is 22.8. The van der Waals surface area contributed by atoms with E-state index in [1.165, 1.54) is 0 Å². The first-order chi connectivity index (χ1) is 16.5. The molecule has 8 nitrogen and oxygen atoms in total. The third-order valence-corrected chi connectivity index (χ3v) is 7.14. The van der Waals surface area contributed by atoms with Gasteiger partial charge in [0.05, 0.1) is 28.4 Å². The molecular weight excluding hydrogens is 452 g/mol. The summed E-state index contributed by atoms with van der Waals surface area (Å²) in [5.41, 5.74) is 3.07. The minimum Gasteiger partial charge on any atom is -0.391 e. The van der Waals surface area contributed by atoms with Gasteiger partial charge < -0.3 is 19.9 Å². The van der Waals surface area contributed by atoms with Crippen LogP contribution >= 0.6 is 11.6 Å². The highest BCUT2D eigenvalue weighted by molar-refractivity contribution is 6.33. The predicted octanol–water partition coefficient (Wildman–Crippen LogP) is 3.56. The van der Waals surface area contributed by atoms with Gasteiger partial charge in [0.2, 0.25) is 0 Å². The Morgan fingerprint density at radius 2 is 2.09 bits per heavy atom. The van der Waals surface area contributed by atoms with Crippen molar-refractivity contribution in [3.05, 3.63) is 58.4 Å². The van der Waals surface area contributed by atoms with Crippen LogP contribution in [0, 0.1) is 12.8 Å². The number of aliphatic hydroxyl groups excluding tert-OH is 1. The monoisotopic (exact) mass is 480 g/mol. The van der Waals surface area contributed by atoms with Crippen molar-refractivity contribution in [3.63, 3.8) is 0 Å². The summed E-state index contributed by atoms with van der Waals surface area (Å²) in [6.07, 6.45) is 6.16. The zero-order valence-electron chi connectivity index (χ0n) is 19.4. The maximum Gasteiger partial charge on any atom is 0.255 e. The van der Waals surface area contributed by atoms with Crippen LogP contribution < -0.4 is 4.90 Å². The van der Waals surface area contributed by atoms with Gasteiger partial charge in [-0.3, -0.25) is 4.79 Å². The number of carbonyl (C=O) groups is 1. The fraction of sp³-hybridized carbons (Fsp3) is 0.440. The van der Waals surface area contributed by atoms with Gasteiger partial charge in [-0.15, -0.1) is 0 Å². The third-order valence-electron chi connectivity index (χ3n) is 6.81. The minimum atomic E-state index is -0.465. The molecule has 2 aliphatic heterocycles. The van der Waals surface area contributed by atoms with Crippen molar-refractivity contribution in [2.75, 3.05) is 31.6 Å². The van der Waals surface area contributed by atoms with Crippen LogP contribution in [-0.4, -0.2) is 69.5 Å². The molecule has 3 atom stereocenters. The number of hydrogen-bond acceptors (Lipinski definition) is 6. The molecule has 2 saturated heterocycles. The van der Waals surface area contributed by atoms with Crippen LogP contribution in [0.15, 0.2) is 41.5 Å². The van der Waals surface area contributed by atoms with E-state index in [4.69, 9.17) is 21.7 Å². The number of piperidine rings is 1. The maximum absolute atomic E-state index is 13.4. The summed E-state index contributed by atoms with van der Waals surface area (Å²) in [5, 5.41) is 15.7. The molecule has 2 aliphatic rings. The van der Waals surface area contributed by atoms with Gasteiger partial charge >= 0.3 is 0 Å². The number of aliphatic hydroxyl groups is 1. The smallest absolute Gasteiger partial charge is 0.255 e. The van der Waals surface area contributed by atoms with E-state index in [1.807, 2.05) is 42.4 Å². The molecule has 4 heterocycles. The summed E-state index contributed by atoms with van der Waals surface area (Å²) in [5.74, 6) is 0.777. The standard InChI is InChI=1S/C25H29ClN6O2/c1-16-13-32-23(28-24(16)30-14-17(12-27-2)22(33)15-30)11-20(29-32)21-9-5-6-10-31(21)25(34)18-7-3-4-8-19(18)26/h3-4,7-8,11-13,17,21-22,33H,5-6,9-10,14-15H2,1-2H3/t17?,21-,22-/m0/s1. The first-order valence-electron chi connectivity index (χ1n) is 11.7. The van der Waals surface area contributed by atoms with Crippen LogP contribution in [0.4, 0.5) is 5.82 Å². The SMILES string of the molecule is CN=CC1CN(c2nc3cc([C@@H]4CCCCN4C(=O)c4ccccc4Cl)nn3cc2C)C[C@@H]1O. The molecule has 0 radical (unpaired) electrons. The zero-order valence-corrected chi connectivity index (χ0v) is 20.2. The average molecular weight is 481 g/mol. The molecule has 178 valence electrons. The van der Waals surface area contributed by atoms with Crippen LogP contribution in [0.1, 0.15) is 46.9 Å². The second kappa shape index (κ2) is 9.35. The molecule has 0 saturated carbocycles. The summed E-state index contributed by atoms with van der Waals surface area (Å²) in [6.45, 7) is 3.87. The van der Waals surface area contributed by atoms with Gasteiger partial charge in [0.25, 0.3) is 5.91 Å². The van der Waals surface area contributed by atoms with Crippen molar-refractivity contribution in [1.82, 2.24) is 19.5 Å². The first-order valence-corrected chi connectivity index (χ1v) is 12.1. The van der Waals surface area contributed by atoms with E-state index in [9.17, 15) is 9.90 Å². The Morgan fingerprint density at radius 1 is 1.26 bits per heavy atom. The van der Waals surface area contributed by atoms with E-state index >= 15 is 0 Å². The molecule has 1 aromatic carbocycles. The van der Waals surface area contributed by atoms with Gasteiger partial charge in [0.1, 0.15) is 5.82 Å². The summed E-state index contributed by atoms with van der Waals surface area (Å²) in [6, 6.07) is 9.04. The Bertz CT molecular complexity index is 1240. The molecule has 34 heavy (non-hydrogen) atoms. The molecular formula is C25H29ClN6O2. The quantitative estimate of drug-likeness (QED) is 0.577.